The Balaban J connectivity index is 1.43. The number of anilines is 1. The largest absolute Gasteiger partial charge is 0.472 e. The van der Waals surface area contributed by atoms with Crippen LogP contribution in [0.5, 0.6) is 0 Å². The van der Waals surface area contributed by atoms with E-state index in [2.05, 4.69) is 19.8 Å². The second kappa shape index (κ2) is 6.06. The molecule has 2 aliphatic heterocycles. The maximum atomic E-state index is 6.07. The lowest BCUT2D eigenvalue weighted by molar-refractivity contribution is 0.0525. The molecule has 0 aliphatic carbocycles. The molecule has 0 bridgehead atoms. The molecule has 0 N–H and O–H groups in total. The van der Waals surface area contributed by atoms with Crippen molar-refractivity contribution in [1.82, 2.24) is 14.9 Å². The Bertz CT molecular complexity index is 589. The SMILES string of the molecule is c1cnc(N2CCO[C@@H]3CN(Cc4ccoc4)C[C@@H]3C2)nc1. The van der Waals surface area contributed by atoms with Gasteiger partial charge in [0.15, 0.2) is 0 Å². The minimum absolute atomic E-state index is 0.306. The molecule has 0 unspecified atom stereocenters. The van der Waals surface area contributed by atoms with Crippen LogP contribution in [0.1, 0.15) is 5.56 Å². The molecule has 0 radical (unpaired) electrons. The van der Waals surface area contributed by atoms with Gasteiger partial charge < -0.3 is 14.1 Å². The highest BCUT2D eigenvalue weighted by molar-refractivity contribution is 5.29. The van der Waals surface area contributed by atoms with Gasteiger partial charge in [-0.3, -0.25) is 4.90 Å². The molecule has 2 fully saturated rings. The summed E-state index contributed by atoms with van der Waals surface area (Å²) in [5.74, 6) is 1.30. The van der Waals surface area contributed by atoms with Crippen molar-refractivity contribution in [1.29, 1.82) is 0 Å². The average molecular weight is 300 g/mol. The van der Waals surface area contributed by atoms with Gasteiger partial charge in [-0.05, 0) is 12.1 Å². The Morgan fingerprint density at radius 2 is 2.09 bits per heavy atom. The van der Waals surface area contributed by atoms with E-state index in [0.717, 1.165) is 45.3 Å². The lowest BCUT2D eigenvalue weighted by Crippen LogP contribution is -2.33. The Morgan fingerprint density at radius 1 is 1.18 bits per heavy atom. The fourth-order valence-corrected chi connectivity index (χ4v) is 3.39. The van der Waals surface area contributed by atoms with Crippen molar-refractivity contribution < 1.29 is 9.15 Å². The van der Waals surface area contributed by atoms with Crippen molar-refractivity contribution in [2.24, 2.45) is 5.92 Å². The Hall–Kier alpha value is -1.92. The molecule has 2 aromatic heterocycles. The van der Waals surface area contributed by atoms with Crippen LogP contribution in [0.25, 0.3) is 0 Å². The highest BCUT2D eigenvalue weighted by Crippen LogP contribution is 2.26. The maximum absolute atomic E-state index is 6.07. The predicted octanol–water partition coefficient (Wildman–Crippen LogP) is 1.41. The van der Waals surface area contributed by atoms with Gasteiger partial charge in [0.1, 0.15) is 0 Å². The van der Waals surface area contributed by atoms with Crippen LogP contribution in [0.3, 0.4) is 0 Å². The summed E-state index contributed by atoms with van der Waals surface area (Å²) in [5.41, 5.74) is 1.22. The maximum Gasteiger partial charge on any atom is 0.225 e. The zero-order valence-electron chi connectivity index (χ0n) is 12.5. The molecule has 4 heterocycles. The molecule has 4 rings (SSSR count). The van der Waals surface area contributed by atoms with Gasteiger partial charge in [0.05, 0.1) is 25.2 Å². The van der Waals surface area contributed by atoms with E-state index in [1.807, 2.05) is 18.4 Å². The average Bonchev–Trinajstić information content (AvgIpc) is 3.14. The first-order valence-electron chi connectivity index (χ1n) is 7.75. The molecule has 6 nitrogen and oxygen atoms in total. The molecule has 0 aromatic carbocycles. The van der Waals surface area contributed by atoms with Crippen molar-refractivity contribution in [2.45, 2.75) is 12.6 Å². The quantitative estimate of drug-likeness (QED) is 0.854. The second-order valence-electron chi connectivity index (χ2n) is 5.99. The third-order valence-corrected chi connectivity index (χ3v) is 4.43. The van der Waals surface area contributed by atoms with Gasteiger partial charge in [-0.15, -0.1) is 0 Å². The van der Waals surface area contributed by atoms with E-state index in [-0.39, 0.29) is 0 Å². The number of nitrogens with zero attached hydrogens (tertiary/aromatic N) is 4. The Labute approximate surface area is 129 Å². The van der Waals surface area contributed by atoms with Crippen molar-refractivity contribution in [3.05, 3.63) is 42.6 Å². The molecule has 0 saturated carbocycles. The summed E-state index contributed by atoms with van der Waals surface area (Å²) in [5, 5.41) is 0. The van der Waals surface area contributed by atoms with E-state index in [9.17, 15) is 0 Å². The second-order valence-corrected chi connectivity index (χ2v) is 5.99. The predicted molar refractivity (Wildman–Crippen MR) is 81.5 cm³/mol. The molecule has 22 heavy (non-hydrogen) atoms. The molecule has 116 valence electrons. The van der Waals surface area contributed by atoms with Crippen LogP contribution >= 0.6 is 0 Å². The van der Waals surface area contributed by atoms with Crippen LogP contribution in [-0.4, -0.2) is 53.8 Å². The van der Waals surface area contributed by atoms with Gasteiger partial charge in [0, 0.05) is 56.6 Å². The third kappa shape index (κ3) is 2.84. The Kier molecular flexibility index (Phi) is 3.78. The van der Waals surface area contributed by atoms with Gasteiger partial charge in [0.2, 0.25) is 5.95 Å². The van der Waals surface area contributed by atoms with E-state index >= 15 is 0 Å². The smallest absolute Gasteiger partial charge is 0.225 e. The van der Waals surface area contributed by atoms with Crippen molar-refractivity contribution >= 4 is 5.95 Å². The first kappa shape index (κ1) is 13.7. The molecule has 0 amide bonds. The zero-order valence-corrected chi connectivity index (χ0v) is 12.5. The monoisotopic (exact) mass is 300 g/mol. The highest BCUT2D eigenvalue weighted by atomic mass is 16.5. The van der Waals surface area contributed by atoms with Crippen molar-refractivity contribution in [3.63, 3.8) is 0 Å². The van der Waals surface area contributed by atoms with Gasteiger partial charge in [-0.1, -0.05) is 0 Å². The number of hydrogen-bond acceptors (Lipinski definition) is 6. The molecular formula is C16H20N4O2. The fraction of sp³-hybridized carbons (Fsp3) is 0.500. The van der Waals surface area contributed by atoms with Crippen molar-refractivity contribution in [3.8, 4) is 0 Å². The summed E-state index contributed by atoms with van der Waals surface area (Å²) in [6, 6.07) is 3.88. The minimum atomic E-state index is 0.306. The van der Waals surface area contributed by atoms with Crippen LogP contribution in [0, 0.1) is 5.92 Å². The van der Waals surface area contributed by atoms with E-state index in [0.29, 0.717) is 12.0 Å². The summed E-state index contributed by atoms with van der Waals surface area (Å²) in [6.07, 6.45) is 7.45. The van der Waals surface area contributed by atoms with E-state index in [1.54, 1.807) is 18.7 Å². The number of aromatic nitrogens is 2. The lowest BCUT2D eigenvalue weighted by atomic mass is 10.1. The zero-order chi connectivity index (χ0) is 14.8. The minimum Gasteiger partial charge on any atom is -0.472 e. The molecular weight excluding hydrogens is 280 g/mol. The molecule has 6 heteroatoms. The fourth-order valence-electron chi connectivity index (χ4n) is 3.39. The van der Waals surface area contributed by atoms with Crippen LogP contribution < -0.4 is 4.90 Å². The summed E-state index contributed by atoms with van der Waals surface area (Å²) in [7, 11) is 0. The number of fused-ring (bicyclic) bond motifs is 1. The van der Waals surface area contributed by atoms with E-state index in [1.165, 1.54) is 5.56 Å². The van der Waals surface area contributed by atoms with Gasteiger partial charge in [-0.2, -0.15) is 0 Å². The van der Waals surface area contributed by atoms with Gasteiger partial charge >= 0.3 is 0 Å². The third-order valence-electron chi connectivity index (χ3n) is 4.43. The number of rotatable bonds is 3. The van der Waals surface area contributed by atoms with Crippen LogP contribution in [-0.2, 0) is 11.3 Å². The summed E-state index contributed by atoms with van der Waals surface area (Å²) < 4.78 is 11.2. The van der Waals surface area contributed by atoms with Gasteiger partial charge in [0.25, 0.3) is 0 Å². The van der Waals surface area contributed by atoms with E-state index in [4.69, 9.17) is 9.15 Å². The summed E-state index contributed by atoms with van der Waals surface area (Å²) in [4.78, 5) is 13.4. The first-order valence-corrected chi connectivity index (χ1v) is 7.75. The number of hydrogen-bond donors (Lipinski definition) is 0. The van der Waals surface area contributed by atoms with Crippen LogP contribution in [0.2, 0.25) is 0 Å². The summed E-state index contributed by atoms with van der Waals surface area (Å²) in [6.45, 7) is 5.50. The number of ether oxygens (including phenoxy) is 1. The summed E-state index contributed by atoms with van der Waals surface area (Å²) >= 11 is 0. The lowest BCUT2D eigenvalue weighted by Gasteiger charge is -2.23. The first-order chi connectivity index (χ1) is 10.9. The van der Waals surface area contributed by atoms with Crippen LogP contribution in [0.15, 0.2) is 41.5 Å². The normalized spacial score (nSPS) is 25.9. The molecule has 2 aromatic rings. The van der Waals surface area contributed by atoms with Crippen LogP contribution in [0.4, 0.5) is 5.95 Å². The highest BCUT2D eigenvalue weighted by Gasteiger charge is 2.36. The Morgan fingerprint density at radius 3 is 2.91 bits per heavy atom. The number of likely N-dealkylation sites (tertiary alicyclic amines) is 1. The topological polar surface area (TPSA) is 54.6 Å². The molecule has 2 atom stereocenters. The molecule has 0 spiro atoms. The molecule has 2 aliphatic rings. The van der Waals surface area contributed by atoms with Gasteiger partial charge in [-0.25, -0.2) is 9.97 Å². The standard InChI is InChI=1S/C16H20N4O2/c1-3-17-16(18-4-1)20-5-7-22-15-11-19(9-14(15)10-20)8-13-2-6-21-12-13/h1-4,6,12,14-15H,5,7-11H2/t14-,15-/m1/s1. The van der Waals surface area contributed by atoms with E-state index < -0.39 is 0 Å². The number of furan rings is 1. The van der Waals surface area contributed by atoms with Crippen molar-refractivity contribution in [2.75, 3.05) is 37.7 Å². The molecule has 2 saturated heterocycles.